The van der Waals surface area contributed by atoms with E-state index in [1.54, 1.807) is 38.7 Å². The van der Waals surface area contributed by atoms with Gasteiger partial charge in [-0.25, -0.2) is 4.98 Å². The predicted octanol–water partition coefficient (Wildman–Crippen LogP) is 4.15. The largest absolute Gasteiger partial charge is 0.493 e. The number of benzene rings is 1. The van der Waals surface area contributed by atoms with Crippen LogP contribution in [0, 0.1) is 11.3 Å². The van der Waals surface area contributed by atoms with Crippen molar-refractivity contribution in [3.05, 3.63) is 53.4 Å². The molecule has 2 aromatic heterocycles. The van der Waals surface area contributed by atoms with Crippen molar-refractivity contribution < 1.29 is 19.0 Å². The fourth-order valence-corrected chi connectivity index (χ4v) is 3.24. The molecule has 0 saturated carbocycles. The molecule has 1 amide bonds. The Hall–Kier alpha value is -3.99. The van der Waals surface area contributed by atoms with Gasteiger partial charge in [-0.3, -0.25) is 4.79 Å². The average molecular weight is 434 g/mol. The monoisotopic (exact) mass is 434 g/mol. The van der Waals surface area contributed by atoms with E-state index in [4.69, 9.17) is 14.2 Å². The van der Waals surface area contributed by atoms with E-state index in [-0.39, 0.29) is 17.7 Å². The van der Waals surface area contributed by atoms with Gasteiger partial charge in [0.05, 0.1) is 32.6 Å². The van der Waals surface area contributed by atoms with Gasteiger partial charge in [0.25, 0.3) is 5.91 Å². The normalized spacial score (nSPS) is 12.3. The molecule has 0 fully saturated rings. The molecule has 2 N–H and O–H groups in total. The van der Waals surface area contributed by atoms with E-state index in [2.05, 4.69) is 15.3 Å². The number of rotatable bonds is 8. The van der Waals surface area contributed by atoms with Crippen molar-refractivity contribution in [2.45, 2.75) is 32.9 Å². The number of hydrogen-bond donors (Lipinski definition) is 2. The van der Waals surface area contributed by atoms with Gasteiger partial charge in [0.1, 0.15) is 23.0 Å². The number of nitrogens with one attached hydrogen (secondary N) is 2. The summed E-state index contributed by atoms with van der Waals surface area (Å²) in [6, 6.07) is 8.87. The van der Waals surface area contributed by atoms with E-state index in [0.29, 0.717) is 28.5 Å². The van der Waals surface area contributed by atoms with Crippen LogP contribution in [0.4, 0.5) is 0 Å². The van der Waals surface area contributed by atoms with Gasteiger partial charge in [-0.1, -0.05) is 6.07 Å². The molecule has 0 radical (unpaired) electrons. The predicted molar refractivity (Wildman–Crippen MR) is 122 cm³/mol. The third-order valence-electron chi connectivity index (χ3n) is 4.83. The third-order valence-corrected chi connectivity index (χ3v) is 4.83. The summed E-state index contributed by atoms with van der Waals surface area (Å²) in [5, 5.41) is 13.2. The van der Waals surface area contributed by atoms with Crippen molar-refractivity contribution >= 4 is 23.0 Å². The molecule has 166 valence electrons. The van der Waals surface area contributed by atoms with Crippen molar-refractivity contribution in [2.24, 2.45) is 0 Å². The molecular weight excluding hydrogens is 408 g/mol. The highest BCUT2D eigenvalue weighted by Gasteiger charge is 2.17. The number of hydrogen-bond acceptors (Lipinski definition) is 6. The Morgan fingerprint density at radius 3 is 2.59 bits per heavy atom. The molecular formula is C24H26N4O4. The lowest BCUT2D eigenvalue weighted by atomic mass is 10.1. The molecule has 0 unspecified atom stereocenters. The lowest BCUT2D eigenvalue weighted by molar-refractivity contribution is -0.117. The minimum atomic E-state index is -0.480. The number of nitrogens with zero attached hydrogens (tertiary/aromatic N) is 2. The van der Waals surface area contributed by atoms with Crippen LogP contribution >= 0.6 is 0 Å². The Bertz CT molecular complexity index is 1190. The molecule has 32 heavy (non-hydrogen) atoms. The lowest BCUT2D eigenvalue weighted by Crippen LogP contribution is -2.27. The van der Waals surface area contributed by atoms with Crippen molar-refractivity contribution in [1.29, 1.82) is 5.26 Å². The SMILES string of the molecule is COc1ccc([C@@H](C)NC(=O)/C(C#N)=C/c2c[nH]c3ncc(OC(C)C)cc23)cc1OC. The molecule has 1 aromatic carbocycles. The number of ether oxygens (including phenoxy) is 3. The second-order valence-electron chi connectivity index (χ2n) is 7.46. The zero-order chi connectivity index (χ0) is 23.3. The average Bonchev–Trinajstić information content (AvgIpc) is 3.18. The first kappa shape index (κ1) is 22.7. The van der Waals surface area contributed by atoms with Crippen LogP contribution in [0.15, 0.2) is 42.2 Å². The lowest BCUT2D eigenvalue weighted by Gasteiger charge is -2.16. The fraction of sp³-hybridized carbons (Fsp3) is 0.292. The molecule has 3 aromatic rings. The minimum Gasteiger partial charge on any atom is -0.493 e. The molecule has 2 heterocycles. The topological polar surface area (TPSA) is 109 Å². The zero-order valence-corrected chi connectivity index (χ0v) is 18.7. The molecule has 0 aliphatic rings. The van der Waals surface area contributed by atoms with Crippen LogP contribution in [0.3, 0.4) is 0 Å². The molecule has 0 aliphatic carbocycles. The van der Waals surface area contributed by atoms with Gasteiger partial charge in [0.2, 0.25) is 0 Å². The smallest absolute Gasteiger partial charge is 0.262 e. The highest BCUT2D eigenvalue weighted by atomic mass is 16.5. The summed E-state index contributed by atoms with van der Waals surface area (Å²) in [7, 11) is 3.11. The summed E-state index contributed by atoms with van der Waals surface area (Å²) in [5.41, 5.74) is 2.12. The first-order valence-corrected chi connectivity index (χ1v) is 10.1. The Balaban J connectivity index is 1.83. The van der Waals surface area contributed by atoms with Crippen LogP contribution in [-0.4, -0.2) is 36.2 Å². The Kier molecular flexibility index (Phi) is 7.00. The molecule has 3 rings (SSSR count). The van der Waals surface area contributed by atoms with Gasteiger partial charge in [0, 0.05) is 17.1 Å². The molecule has 0 spiro atoms. The summed E-state index contributed by atoms with van der Waals surface area (Å²) < 4.78 is 16.3. The van der Waals surface area contributed by atoms with E-state index < -0.39 is 5.91 Å². The van der Waals surface area contributed by atoms with E-state index in [1.165, 1.54) is 6.08 Å². The fourth-order valence-electron chi connectivity index (χ4n) is 3.24. The molecule has 0 saturated heterocycles. The van der Waals surface area contributed by atoms with Crippen molar-refractivity contribution in [2.75, 3.05) is 14.2 Å². The van der Waals surface area contributed by atoms with Crippen LogP contribution in [0.1, 0.15) is 37.9 Å². The second kappa shape index (κ2) is 9.88. The molecule has 0 bridgehead atoms. The number of aromatic amines is 1. The summed E-state index contributed by atoms with van der Waals surface area (Å²) in [5.74, 6) is 1.30. The van der Waals surface area contributed by atoms with Gasteiger partial charge in [-0.05, 0) is 50.6 Å². The van der Waals surface area contributed by atoms with Crippen molar-refractivity contribution in [1.82, 2.24) is 15.3 Å². The molecule has 8 heteroatoms. The van der Waals surface area contributed by atoms with Crippen LogP contribution in [0.25, 0.3) is 17.1 Å². The van der Waals surface area contributed by atoms with Gasteiger partial charge < -0.3 is 24.5 Å². The number of H-pyrrole nitrogens is 1. The standard InChI is InChI=1S/C24H26N4O4/c1-14(2)32-19-10-20-18(12-26-23(20)27-13-19)8-17(11-25)24(29)28-15(3)16-6-7-21(30-4)22(9-16)31-5/h6-10,12-15H,1-5H3,(H,26,27)(H,28,29)/b17-8+/t15-/m1/s1. The number of aromatic nitrogens is 2. The van der Waals surface area contributed by atoms with Crippen molar-refractivity contribution in [3.63, 3.8) is 0 Å². The second-order valence-corrected chi connectivity index (χ2v) is 7.46. The Labute approximate surface area is 186 Å². The number of amides is 1. The quantitative estimate of drug-likeness (QED) is 0.407. The zero-order valence-electron chi connectivity index (χ0n) is 18.7. The number of carbonyl (C=O) groups is 1. The highest BCUT2D eigenvalue weighted by molar-refractivity contribution is 6.03. The Morgan fingerprint density at radius 2 is 1.94 bits per heavy atom. The van der Waals surface area contributed by atoms with Crippen molar-refractivity contribution in [3.8, 4) is 23.3 Å². The summed E-state index contributed by atoms with van der Waals surface area (Å²) in [4.78, 5) is 20.2. The van der Waals surface area contributed by atoms with Crippen LogP contribution in [0.5, 0.6) is 17.2 Å². The maximum Gasteiger partial charge on any atom is 0.262 e. The van der Waals surface area contributed by atoms with E-state index in [1.807, 2.05) is 39.0 Å². The first-order chi connectivity index (χ1) is 15.4. The van der Waals surface area contributed by atoms with E-state index >= 15 is 0 Å². The summed E-state index contributed by atoms with van der Waals surface area (Å²) in [6.45, 7) is 5.69. The van der Waals surface area contributed by atoms with Crippen LogP contribution in [-0.2, 0) is 4.79 Å². The summed E-state index contributed by atoms with van der Waals surface area (Å²) in [6.07, 6.45) is 4.88. The third kappa shape index (κ3) is 5.01. The van der Waals surface area contributed by atoms with E-state index in [9.17, 15) is 10.1 Å². The van der Waals surface area contributed by atoms with Gasteiger partial charge in [0.15, 0.2) is 11.5 Å². The van der Waals surface area contributed by atoms with Gasteiger partial charge in [-0.15, -0.1) is 0 Å². The number of nitriles is 1. The number of methoxy groups -OCH3 is 2. The molecule has 1 atom stereocenters. The van der Waals surface area contributed by atoms with Crippen LogP contribution in [0.2, 0.25) is 0 Å². The molecule has 0 aliphatic heterocycles. The number of pyridine rings is 1. The molecule has 8 nitrogen and oxygen atoms in total. The minimum absolute atomic E-state index is 0.00528. The number of carbonyl (C=O) groups excluding carboxylic acids is 1. The number of fused-ring (bicyclic) bond motifs is 1. The maximum absolute atomic E-state index is 12.8. The summed E-state index contributed by atoms with van der Waals surface area (Å²) >= 11 is 0. The first-order valence-electron chi connectivity index (χ1n) is 10.1. The van der Waals surface area contributed by atoms with E-state index in [0.717, 1.165) is 10.9 Å². The van der Waals surface area contributed by atoms with Crippen LogP contribution < -0.4 is 19.5 Å². The van der Waals surface area contributed by atoms with Gasteiger partial charge >= 0.3 is 0 Å². The van der Waals surface area contributed by atoms with Gasteiger partial charge in [-0.2, -0.15) is 5.26 Å². The Morgan fingerprint density at radius 1 is 1.19 bits per heavy atom. The maximum atomic E-state index is 12.8. The highest BCUT2D eigenvalue weighted by Crippen LogP contribution is 2.30.